The van der Waals surface area contributed by atoms with E-state index in [2.05, 4.69) is 12.2 Å². The Balaban J connectivity index is 1.80. The number of nitrogens with one attached hydrogen (secondary N) is 1. The van der Waals surface area contributed by atoms with Crippen LogP contribution in [0, 0.1) is 0 Å². The fourth-order valence-corrected chi connectivity index (χ4v) is 6.26. The minimum Gasteiger partial charge on any atom is -0.493 e. The summed E-state index contributed by atoms with van der Waals surface area (Å²) in [7, 11) is 6.22. The molecule has 0 spiro atoms. The van der Waals surface area contributed by atoms with Crippen LogP contribution in [0.5, 0.6) is 28.7 Å². The Bertz CT molecular complexity index is 1390. The molecule has 2 aromatic carbocycles. The van der Waals surface area contributed by atoms with Crippen molar-refractivity contribution in [1.82, 2.24) is 5.32 Å². The number of ether oxygens (including phenoxy) is 6. The van der Waals surface area contributed by atoms with E-state index in [1.807, 2.05) is 32.0 Å². The molecule has 2 atom stereocenters. The first-order chi connectivity index (χ1) is 20.8. The predicted molar refractivity (Wildman–Crippen MR) is 167 cm³/mol. The molecule has 9 nitrogen and oxygen atoms in total. The van der Waals surface area contributed by atoms with Gasteiger partial charge in [-0.25, -0.2) is 4.79 Å². The van der Waals surface area contributed by atoms with E-state index in [0.29, 0.717) is 69.9 Å². The normalized spacial score (nSPS) is 18.1. The molecule has 4 rings (SSSR count). The molecule has 2 aliphatic rings. The molecular formula is C33H41NO8S. The highest BCUT2D eigenvalue weighted by Gasteiger charge is 2.42. The van der Waals surface area contributed by atoms with Crippen molar-refractivity contribution in [3.8, 4) is 28.7 Å². The number of esters is 1. The fourth-order valence-electron chi connectivity index (χ4n) is 5.77. The second-order valence-corrected chi connectivity index (χ2v) is 11.5. The van der Waals surface area contributed by atoms with Crippen LogP contribution in [-0.2, 0) is 14.3 Å². The van der Waals surface area contributed by atoms with Gasteiger partial charge in [-0.2, -0.15) is 11.8 Å². The van der Waals surface area contributed by atoms with Crippen molar-refractivity contribution >= 4 is 23.5 Å². The Labute approximate surface area is 257 Å². The number of ketones is 1. The van der Waals surface area contributed by atoms with Gasteiger partial charge in [0.2, 0.25) is 5.75 Å². The van der Waals surface area contributed by atoms with Crippen LogP contribution in [0.25, 0.3) is 0 Å². The zero-order chi connectivity index (χ0) is 31.1. The van der Waals surface area contributed by atoms with Crippen molar-refractivity contribution < 1.29 is 38.0 Å². The molecule has 43 heavy (non-hydrogen) atoms. The van der Waals surface area contributed by atoms with Gasteiger partial charge in [0.15, 0.2) is 28.8 Å². The van der Waals surface area contributed by atoms with Gasteiger partial charge < -0.3 is 33.7 Å². The third kappa shape index (κ3) is 6.74. The molecule has 0 fully saturated rings. The van der Waals surface area contributed by atoms with Crippen molar-refractivity contribution in [3.63, 3.8) is 0 Å². The third-order valence-corrected chi connectivity index (χ3v) is 8.56. The van der Waals surface area contributed by atoms with E-state index in [1.54, 1.807) is 31.0 Å². The van der Waals surface area contributed by atoms with Gasteiger partial charge in [-0.1, -0.05) is 13.0 Å². The van der Waals surface area contributed by atoms with Crippen molar-refractivity contribution in [1.29, 1.82) is 0 Å². The van der Waals surface area contributed by atoms with Gasteiger partial charge in [-0.3, -0.25) is 4.79 Å². The molecule has 1 heterocycles. The quantitative estimate of drug-likeness (QED) is 0.222. The minimum absolute atomic E-state index is 0.0512. The SMILES string of the molecule is CCOc1ccc([C@@H]2CC(=O)C3=C(C2)NC(C)=C(C(=O)OCCSCC)[C@H]3c2cc(OC)c(OC)c(OC)c2)cc1OC. The van der Waals surface area contributed by atoms with Crippen molar-refractivity contribution in [2.24, 2.45) is 0 Å². The maximum Gasteiger partial charge on any atom is 0.336 e. The first-order valence-electron chi connectivity index (χ1n) is 14.4. The van der Waals surface area contributed by atoms with E-state index in [1.165, 1.54) is 21.3 Å². The molecule has 0 bridgehead atoms. The molecule has 0 saturated heterocycles. The van der Waals surface area contributed by atoms with Crippen LogP contribution < -0.4 is 29.0 Å². The predicted octanol–water partition coefficient (Wildman–Crippen LogP) is 5.78. The Morgan fingerprint density at radius 3 is 2.19 bits per heavy atom. The Morgan fingerprint density at radius 1 is 0.907 bits per heavy atom. The molecule has 10 heteroatoms. The van der Waals surface area contributed by atoms with Crippen LogP contribution >= 0.6 is 11.8 Å². The van der Waals surface area contributed by atoms with E-state index in [0.717, 1.165) is 17.0 Å². The topological polar surface area (TPSA) is 102 Å². The lowest BCUT2D eigenvalue weighted by Gasteiger charge is -2.37. The van der Waals surface area contributed by atoms with E-state index < -0.39 is 11.9 Å². The molecular weight excluding hydrogens is 570 g/mol. The van der Waals surface area contributed by atoms with Crippen molar-refractivity contribution in [2.75, 3.05) is 53.2 Å². The Kier molecular flexibility index (Phi) is 10.9. The highest BCUT2D eigenvalue weighted by atomic mass is 32.2. The summed E-state index contributed by atoms with van der Waals surface area (Å²) in [5.41, 5.74) is 4.01. The zero-order valence-corrected chi connectivity index (χ0v) is 26.8. The molecule has 232 valence electrons. The number of thioether (sulfide) groups is 1. The molecule has 1 aliphatic heterocycles. The molecule has 2 aromatic rings. The van der Waals surface area contributed by atoms with Crippen molar-refractivity contribution in [2.45, 2.75) is 45.4 Å². The number of hydrogen-bond donors (Lipinski definition) is 1. The lowest BCUT2D eigenvalue weighted by molar-refractivity contribution is -0.138. The highest BCUT2D eigenvalue weighted by Crippen LogP contribution is 2.49. The average Bonchev–Trinajstić information content (AvgIpc) is 3.01. The molecule has 0 aromatic heterocycles. The van der Waals surface area contributed by atoms with Gasteiger partial charge in [-0.05, 0) is 67.3 Å². The average molecular weight is 612 g/mol. The fraction of sp³-hybridized carbons (Fsp3) is 0.455. The standard InChI is InChI=1S/C33H41NO8S/c1-8-41-25-11-10-20(16-26(25)37-4)21-14-23-31(24(35)15-21)30(22-17-27(38-5)32(40-7)28(18-22)39-6)29(19(3)34-23)33(36)42-12-13-43-9-2/h10-11,16-18,21,30,34H,8-9,12-15H2,1-7H3/t21-,30+/m0/s1. The largest absolute Gasteiger partial charge is 0.493 e. The van der Waals surface area contributed by atoms with Gasteiger partial charge in [0.05, 0.1) is 40.6 Å². The molecule has 0 amide bonds. The summed E-state index contributed by atoms with van der Waals surface area (Å²) in [6.07, 6.45) is 0.846. The Morgan fingerprint density at radius 2 is 1.58 bits per heavy atom. The summed E-state index contributed by atoms with van der Waals surface area (Å²) in [6.45, 7) is 6.63. The van der Waals surface area contributed by atoms with Gasteiger partial charge in [-0.15, -0.1) is 0 Å². The lowest BCUT2D eigenvalue weighted by atomic mass is 9.71. The Hall–Kier alpha value is -3.79. The number of allylic oxidation sites excluding steroid dienone is 3. The van der Waals surface area contributed by atoms with E-state index in [-0.39, 0.29) is 24.7 Å². The first-order valence-corrected chi connectivity index (χ1v) is 15.6. The second kappa shape index (κ2) is 14.6. The maximum absolute atomic E-state index is 14.1. The van der Waals surface area contributed by atoms with E-state index in [9.17, 15) is 9.59 Å². The molecule has 0 unspecified atom stereocenters. The second-order valence-electron chi connectivity index (χ2n) is 10.2. The number of methoxy groups -OCH3 is 4. The molecule has 1 N–H and O–H groups in total. The molecule has 0 saturated carbocycles. The number of hydrogen-bond acceptors (Lipinski definition) is 10. The first kappa shape index (κ1) is 32.1. The van der Waals surface area contributed by atoms with Crippen LogP contribution in [0.1, 0.15) is 56.6 Å². The molecule has 1 aliphatic carbocycles. The highest BCUT2D eigenvalue weighted by molar-refractivity contribution is 7.99. The minimum atomic E-state index is -0.681. The number of carbonyl (C=O) groups excluding carboxylic acids is 2. The number of benzene rings is 2. The van der Waals surface area contributed by atoms with Crippen LogP contribution in [0.15, 0.2) is 52.9 Å². The number of Topliss-reactive ketones (excluding diaryl/α,β-unsaturated/α-hetero) is 1. The molecule has 0 radical (unpaired) electrons. The van der Waals surface area contributed by atoms with E-state index in [4.69, 9.17) is 28.4 Å². The lowest BCUT2D eigenvalue weighted by Crippen LogP contribution is -2.36. The van der Waals surface area contributed by atoms with Crippen LogP contribution in [0.4, 0.5) is 0 Å². The third-order valence-electron chi connectivity index (χ3n) is 7.69. The van der Waals surface area contributed by atoms with Crippen LogP contribution in [0.3, 0.4) is 0 Å². The summed E-state index contributed by atoms with van der Waals surface area (Å²) in [4.78, 5) is 27.7. The summed E-state index contributed by atoms with van der Waals surface area (Å²) in [5, 5.41) is 3.41. The van der Waals surface area contributed by atoms with Gasteiger partial charge in [0.25, 0.3) is 0 Å². The zero-order valence-electron chi connectivity index (χ0n) is 26.0. The van der Waals surface area contributed by atoms with Crippen molar-refractivity contribution in [3.05, 3.63) is 64.0 Å². The summed E-state index contributed by atoms with van der Waals surface area (Å²) < 4.78 is 33.8. The smallest absolute Gasteiger partial charge is 0.336 e. The van der Waals surface area contributed by atoms with Crippen LogP contribution in [-0.4, -0.2) is 64.9 Å². The number of rotatable bonds is 13. The summed E-state index contributed by atoms with van der Waals surface area (Å²) in [6, 6.07) is 9.40. The maximum atomic E-state index is 14.1. The van der Waals surface area contributed by atoms with Gasteiger partial charge in [0, 0.05) is 35.1 Å². The summed E-state index contributed by atoms with van der Waals surface area (Å²) >= 11 is 1.70. The summed E-state index contributed by atoms with van der Waals surface area (Å²) in [5.74, 6) is 2.93. The van der Waals surface area contributed by atoms with Gasteiger partial charge in [0.1, 0.15) is 6.61 Å². The number of dihydropyridines is 1. The monoisotopic (exact) mass is 611 g/mol. The van der Waals surface area contributed by atoms with E-state index >= 15 is 0 Å². The van der Waals surface area contributed by atoms with Crippen LogP contribution in [0.2, 0.25) is 0 Å². The van der Waals surface area contributed by atoms with Gasteiger partial charge >= 0.3 is 5.97 Å². The number of carbonyl (C=O) groups is 2.